The van der Waals surface area contributed by atoms with E-state index in [0.29, 0.717) is 18.0 Å². The maximum atomic E-state index is 12.3. The fraction of sp³-hybridized carbons (Fsp3) is 0.588. The SMILES string of the molecule is CC(C)(C)[S@](=O)Cc1cccc(NC(=O)N2CCC[C@H]2CO)c1. The molecule has 2 atom stereocenters. The number of hydrogen-bond donors (Lipinski definition) is 2. The first-order chi connectivity index (χ1) is 10.8. The van der Waals surface area contributed by atoms with Crippen molar-refractivity contribution in [3.8, 4) is 0 Å². The number of nitrogens with zero attached hydrogens (tertiary/aromatic N) is 1. The quantitative estimate of drug-likeness (QED) is 0.887. The molecule has 128 valence electrons. The second-order valence-corrected chi connectivity index (χ2v) is 9.11. The van der Waals surface area contributed by atoms with Crippen molar-refractivity contribution in [2.45, 2.75) is 50.2 Å². The Balaban J connectivity index is 2.02. The zero-order valence-electron chi connectivity index (χ0n) is 14.0. The number of carbonyl (C=O) groups excluding carboxylic acids is 1. The third-order valence-corrected chi connectivity index (χ3v) is 5.97. The lowest BCUT2D eigenvalue weighted by Crippen LogP contribution is -2.40. The van der Waals surface area contributed by atoms with Crippen molar-refractivity contribution in [2.24, 2.45) is 0 Å². The molecule has 0 spiro atoms. The van der Waals surface area contributed by atoms with E-state index in [2.05, 4.69) is 5.32 Å². The molecule has 1 aliphatic heterocycles. The standard InChI is InChI=1S/C17H26N2O3S/c1-17(2,3)23(22)12-13-6-4-7-14(10-13)18-16(21)19-9-5-8-15(19)11-20/h4,6-7,10,15,20H,5,8-9,11-12H2,1-3H3,(H,18,21)/t15-,23+/m0/s1. The Kier molecular flexibility index (Phi) is 5.81. The van der Waals surface area contributed by atoms with Gasteiger partial charge in [-0.15, -0.1) is 0 Å². The molecule has 2 rings (SSSR count). The van der Waals surface area contributed by atoms with Gasteiger partial charge in [-0.2, -0.15) is 0 Å². The van der Waals surface area contributed by atoms with Gasteiger partial charge in [0, 0.05) is 33.5 Å². The number of rotatable bonds is 4. The molecule has 0 aliphatic carbocycles. The molecule has 0 unspecified atom stereocenters. The molecular weight excluding hydrogens is 312 g/mol. The topological polar surface area (TPSA) is 69.6 Å². The van der Waals surface area contributed by atoms with Gasteiger partial charge in [0.05, 0.1) is 12.6 Å². The summed E-state index contributed by atoms with van der Waals surface area (Å²) in [5, 5.41) is 12.2. The number of urea groups is 1. The van der Waals surface area contributed by atoms with Crippen molar-refractivity contribution in [2.75, 3.05) is 18.5 Å². The Hall–Kier alpha value is -1.40. The molecule has 2 amide bonds. The number of carbonyl (C=O) groups is 1. The average molecular weight is 338 g/mol. The highest BCUT2D eigenvalue weighted by Crippen LogP contribution is 2.21. The van der Waals surface area contributed by atoms with E-state index in [1.807, 2.05) is 45.0 Å². The molecule has 1 fully saturated rings. The molecule has 23 heavy (non-hydrogen) atoms. The molecule has 2 N–H and O–H groups in total. The maximum absolute atomic E-state index is 12.3. The summed E-state index contributed by atoms with van der Waals surface area (Å²) in [6, 6.07) is 7.20. The van der Waals surface area contributed by atoms with Gasteiger partial charge in [-0.25, -0.2) is 4.79 Å². The van der Waals surface area contributed by atoms with Crippen LogP contribution in [0.5, 0.6) is 0 Å². The van der Waals surface area contributed by atoms with Crippen LogP contribution in [0.3, 0.4) is 0 Å². The van der Waals surface area contributed by atoms with Gasteiger partial charge in [-0.1, -0.05) is 12.1 Å². The van der Waals surface area contributed by atoms with Crippen molar-refractivity contribution in [3.63, 3.8) is 0 Å². The summed E-state index contributed by atoms with van der Waals surface area (Å²) in [5.74, 6) is 0.468. The van der Waals surface area contributed by atoms with Gasteiger partial charge in [0.2, 0.25) is 0 Å². The van der Waals surface area contributed by atoms with Crippen LogP contribution in [0.1, 0.15) is 39.2 Å². The van der Waals surface area contributed by atoms with E-state index in [4.69, 9.17) is 0 Å². The summed E-state index contributed by atoms with van der Waals surface area (Å²) in [4.78, 5) is 14.0. The average Bonchev–Trinajstić information content (AvgIpc) is 2.95. The minimum atomic E-state index is -0.975. The van der Waals surface area contributed by atoms with Gasteiger partial charge < -0.3 is 15.3 Å². The van der Waals surface area contributed by atoms with E-state index >= 15 is 0 Å². The van der Waals surface area contributed by atoms with Crippen LogP contribution in [0.2, 0.25) is 0 Å². The lowest BCUT2D eigenvalue weighted by Gasteiger charge is -2.23. The largest absolute Gasteiger partial charge is 0.394 e. The Morgan fingerprint density at radius 3 is 2.83 bits per heavy atom. The Morgan fingerprint density at radius 2 is 2.17 bits per heavy atom. The van der Waals surface area contributed by atoms with E-state index < -0.39 is 10.8 Å². The van der Waals surface area contributed by atoms with Gasteiger partial charge in [0.15, 0.2) is 0 Å². The van der Waals surface area contributed by atoms with Gasteiger partial charge in [0.1, 0.15) is 0 Å². The molecule has 0 saturated carbocycles. The zero-order valence-corrected chi connectivity index (χ0v) is 14.9. The molecular formula is C17H26N2O3S. The van der Waals surface area contributed by atoms with Crippen LogP contribution < -0.4 is 5.32 Å². The highest BCUT2D eigenvalue weighted by atomic mass is 32.2. The lowest BCUT2D eigenvalue weighted by molar-refractivity contribution is 0.166. The normalized spacial score (nSPS) is 19.7. The smallest absolute Gasteiger partial charge is 0.322 e. The lowest BCUT2D eigenvalue weighted by atomic mass is 10.2. The van der Waals surface area contributed by atoms with Crippen molar-refractivity contribution < 1.29 is 14.1 Å². The predicted molar refractivity (Wildman–Crippen MR) is 93.9 cm³/mol. The molecule has 1 heterocycles. The number of aliphatic hydroxyl groups excluding tert-OH is 1. The molecule has 1 aromatic rings. The number of hydrogen-bond acceptors (Lipinski definition) is 3. The van der Waals surface area contributed by atoms with Crippen LogP contribution in [-0.2, 0) is 16.6 Å². The summed E-state index contributed by atoms with van der Waals surface area (Å²) in [6.07, 6.45) is 1.76. The van der Waals surface area contributed by atoms with E-state index in [0.717, 1.165) is 18.4 Å². The first-order valence-corrected chi connectivity index (χ1v) is 9.29. The number of likely N-dealkylation sites (tertiary alicyclic amines) is 1. The monoisotopic (exact) mass is 338 g/mol. The van der Waals surface area contributed by atoms with Crippen LogP contribution in [0.25, 0.3) is 0 Å². The zero-order chi connectivity index (χ0) is 17.0. The van der Waals surface area contributed by atoms with Gasteiger partial charge in [-0.3, -0.25) is 4.21 Å². The van der Waals surface area contributed by atoms with E-state index in [1.165, 1.54) is 0 Å². The fourth-order valence-corrected chi connectivity index (χ4v) is 3.51. The van der Waals surface area contributed by atoms with Crippen LogP contribution in [0, 0.1) is 0 Å². The molecule has 0 bridgehead atoms. The minimum Gasteiger partial charge on any atom is -0.394 e. The van der Waals surface area contributed by atoms with Gasteiger partial charge in [-0.05, 0) is 51.3 Å². The van der Waals surface area contributed by atoms with Gasteiger partial charge >= 0.3 is 6.03 Å². The third-order valence-electron chi connectivity index (χ3n) is 4.01. The molecule has 0 aromatic heterocycles. The maximum Gasteiger partial charge on any atom is 0.322 e. The van der Waals surface area contributed by atoms with Gasteiger partial charge in [0.25, 0.3) is 0 Å². The van der Waals surface area contributed by atoms with Crippen LogP contribution in [0.4, 0.5) is 10.5 Å². The highest BCUT2D eigenvalue weighted by molar-refractivity contribution is 7.85. The second kappa shape index (κ2) is 7.45. The van der Waals surface area contributed by atoms with E-state index in [1.54, 1.807) is 4.90 Å². The fourth-order valence-electron chi connectivity index (χ4n) is 2.59. The van der Waals surface area contributed by atoms with Crippen molar-refractivity contribution in [1.82, 2.24) is 4.90 Å². The number of benzene rings is 1. The number of aliphatic hydroxyl groups is 1. The molecule has 1 aromatic carbocycles. The van der Waals surface area contributed by atoms with Crippen LogP contribution in [-0.4, -0.2) is 44.2 Å². The molecule has 1 saturated heterocycles. The first kappa shape index (κ1) is 17.9. The Bertz CT molecular complexity index is 583. The molecule has 1 aliphatic rings. The first-order valence-electron chi connectivity index (χ1n) is 7.97. The van der Waals surface area contributed by atoms with Crippen LogP contribution in [0.15, 0.2) is 24.3 Å². The number of amides is 2. The van der Waals surface area contributed by atoms with E-state index in [-0.39, 0.29) is 23.4 Å². The predicted octanol–water partition coefficient (Wildman–Crippen LogP) is 2.72. The Morgan fingerprint density at radius 1 is 1.43 bits per heavy atom. The van der Waals surface area contributed by atoms with E-state index in [9.17, 15) is 14.1 Å². The number of anilines is 1. The molecule has 5 nitrogen and oxygen atoms in total. The summed E-state index contributed by atoms with van der Waals surface area (Å²) in [7, 11) is -0.975. The summed E-state index contributed by atoms with van der Waals surface area (Å²) in [5.41, 5.74) is 1.64. The molecule has 6 heteroatoms. The minimum absolute atomic E-state index is 0.00196. The highest BCUT2D eigenvalue weighted by Gasteiger charge is 2.28. The Labute approximate surface area is 140 Å². The third kappa shape index (κ3) is 4.78. The second-order valence-electron chi connectivity index (χ2n) is 6.90. The molecule has 0 radical (unpaired) electrons. The van der Waals surface area contributed by atoms with Crippen molar-refractivity contribution in [1.29, 1.82) is 0 Å². The summed E-state index contributed by atoms with van der Waals surface area (Å²) in [6.45, 7) is 6.54. The summed E-state index contributed by atoms with van der Waals surface area (Å²) < 4.78 is 12.0. The van der Waals surface area contributed by atoms with Crippen molar-refractivity contribution >= 4 is 22.5 Å². The summed E-state index contributed by atoms with van der Waals surface area (Å²) >= 11 is 0. The number of nitrogens with one attached hydrogen (secondary N) is 1. The van der Waals surface area contributed by atoms with Crippen LogP contribution >= 0.6 is 0 Å². The van der Waals surface area contributed by atoms with Crippen molar-refractivity contribution in [3.05, 3.63) is 29.8 Å².